The first kappa shape index (κ1) is 19.4. The summed E-state index contributed by atoms with van der Waals surface area (Å²) in [5, 5.41) is 6.43. The lowest BCUT2D eigenvalue weighted by Crippen LogP contribution is -2.46. The molecule has 0 aliphatic rings. The lowest BCUT2D eigenvalue weighted by molar-refractivity contribution is -0.127. The van der Waals surface area contributed by atoms with Gasteiger partial charge in [0.25, 0.3) is 0 Å². The number of amides is 1. The molecule has 0 aliphatic carbocycles. The van der Waals surface area contributed by atoms with E-state index in [2.05, 4.69) is 35.7 Å². The van der Waals surface area contributed by atoms with E-state index in [1.165, 1.54) is 0 Å². The second kappa shape index (κ2) is 9.45. The molecule has 23 heavy (non-hydrogen) atoms. The Morgan fingerprint density at radius 3 is 2.43 bits per heavy atom. The van der Waals surface area contributed by atoms with Crippen molar-refractivity contribution < 1.29 is 4.79 Å². The van der Waals surface area contributed by atoms with E-state index in [0.29, 0.717) is 12.5 Å². The third-order valence-corrected chi connectivity index (χ3v) is 4.65. The molecule has 1 amide bonds. The van der Waals surface area contributed by atoms with Gasteiger partial charge in [-0.2, -0.15) is 11.8 Å². The number of thioether (sulfide) groups is 1. The van der Waals surface area contributed by atoms with E-state index < -0.39 is 0 Å². The van der Waals surface area contributed by atoms with Crippen LogP contribution in [0.15, 0.2) is 35.3 Å². The van der Waals surface area contributed by atoms with Gasteiger partial charge >= 0.3 is 0 Å². The number of nitrogens with one attached hydrogen (secondary N) is 2. The summed E-state index contributed by atoms with van der Waals surface area (Å²) in [7, 11) is 3.49. The summed E-state index contributed by atoms with van der Waals surface area (Å²) < 4.78 is 0.0980. The average molecular weight is 337 g/mol. The predicted molar refractivity (Wildman–Crippen MR) is 99.9 cm³/mol. The van der Waals surface area contributed by atoms with E-state index in [0.717, 1.165) is 12.1 Å². The number of carbonyl (C=O) groups is 1. The van der Waals surface area contributed by atoms with Gasteiger partial charge in [0.2, 0.25) is 5.91 Å². The summed E-state index contributed by atoms with van der Waals surface area (Å²) in [5.74, 6) is 0.675. The van der Waals surface area contributed by atoms with Crippen LogP contribution in [0.1, 0.15) is 19.4 Å². The number of aliphatic imine (C=N–C) groups is 1. The first-order chi connectivity index (χ1) is 10.8. The number of likely N-dealkylation sites (N-methyl/N-ethyl adjacent to an activating group) is 1. The molecule has 1 aromatic carbocycles. The van der Waals surface area contributed by atoms with Crippen molar-refractivity contribution in [2.75, 3.05) is 33.4 Å². The molecule has 0 unspecified atom stereocenters. The van der Waals surface area contributed by atoms with Crippen LogP contribution >= 0.6 is 11.8 Å². The molecule has 0 fully saturated rings. The van der Waals surface area contributed by atoms with Crippen LogP contribution in [0.3, 0.4) is 0 Å². The van der Waals surface area contributed by atoms with E-state index >= 15 is 0 Å². The molecule has 0 heterocycles. The van der Waals surface area contributed by atoms with Crippen LogP contribution in [-0.4, -0.2) is 55.0 Å². The number of hydrogen-bond donors (Lipinski definition) is 2. The van der Waals surface area contributed by atoms with Crippen molar-refractivity contribution in [2.45, 2.75) is 25.1 Å². The van der Waals surface area contributed by atoms with Crippen molar-refractivity contribution in [3.8, 4) is 0 Å². The summed E-state index contributed by atoms with van der Waals surface area (Å²) in [6.07, 6.45) is 2.09. The molecule has 0 spiro atoms. The molecule has 0 aliphatic heterocycles. The van der Waals surface area contributed by atoms with Crippen molar-refractivity contribution in [1.29, 1.82) is 0 Å². The highest BCUT2D eigenvalue weighted by Gasteiger charge is 2.16. The SMILES string of the molecule is CSC(C)(C)CNC(=NCc1ccccc1)NCC(=O)N(C)C. The second-order valence-electron chi connectivity index (χ2n) is 6.11. The average Bonchev–Trinajstić information content (AvgIpc) is 2.54. The Kier molecular flexibility index (Phi) is 7.95. The summed E-state index contributed by atoms with van der Waals surface area (Å²) in [5.41, 5.74) is 1.14. The Bertz CT molecular complexity index is 515. The number of carbonyl (C=O) groups excluding carboxylic acids is 1. The van der Waals surface area contributed by atoms with Gasteiger partial charge in [0.05, 0.1) is 13.1 Å². The van der Waals surface area contributed by atoms with E-state index in [1.54, 1.807) is 30.8 Å². The molecule has 2 N–H and O–H groups in total. The first-order valence-electron chi connectivity index (χ1n) is 7.65. The van der Waals surface area contributed by atoms with Gasteiger partial charge in [-0.25, -0.2) is 4.99 Å². The molecule has 0 atom stereocenters. The normalized spacial score (nSPS) is 12.0. The zero-order valence-corrected chi connectivity index (χ0v) is 15.5. The molecule has 6 heteroatoms. The quantitative estimate of drug-likeness (QED) is 0.590. The Morgan fingerprint density at radius 1 is 1.22 bits per heavy atom. The van der Waals surface area contributed by atoms with E-state index in [-0.39, 0.29) is 17.2 Å². The van der Waals surface area contributed by atoms with Crippen molar-refractivity contribution in [3.05, 3.63) is 35.9 Å². The van der Waals surface area contributed by atoms with Crippen molar-refractivity contribution in [3.63, 3.8) is 0 Å². The van der Waals surface area contributed by atoms with Gasteiger partial charge in [-0.15, -0.1) is 0 Å². The summed E-state index contributed by atoms with van der Waals surface area (Å²) >= 11 is 1.79. The van der Waals surface area contributed by atoms with Gasteiger partial charge in [0.15, 0.2) is 5.96 Å². The van der Waals surface area contributed by atoms with Crippen LogP contribution in [0.2, 0.25) is 0 Å². The summed E-state index contributed by atoms with van der Waals surface area (Å²) in [6.45, 7) is 5.92. The highest BCUT2D eigenvalue weighted by Crippen LogP contribution is 2.19. The molecule has 5 nitrogen and oxygen atoms in total. The smallest absolute Gasteiger partial charge is 0.241 e. The Morgan fingerprint density at radius 2 is 1.87 bits per heavy atom. The van der Waals surface area contributed by atoms with Crippen molar-refractivity contribution >= 4 is 23.6 Å². The minimum absolute atomic E-state index is 0.0170. The number of hydrogen-bond acceptors (Lipinski definition) is 3. The molecule has 0 saturated carbocycles. The van der Waals surface area contributed by atoms with Gasteiger partial charge < -0.3 is 15.5 Å². The molecular formula is C17H28N4OS. The third kappa shape index (κ3) is 7.93. The molecule has 0 saturated heterocycles. The van der Waals surface area contributed by atoms with Crippen LogP contribution in [0.5, 0.6) is 0 Å². The first-order valence-corrected chi connectivity index (χ1v) is 8.88. The van der Waals surface area contributed by atoms with Gasteiger partial charge in [-0.3, -0.25) is 4.79 Å². The number of nitrogens with zero attached hydrogens (tertiary/aromatic N) is 2. The molecule has 0 bridgehead atoms. The maximum atomic E-state index is 11.8. The van der Waals surface area contributed by atoms with Gasteiger partial charge in [-0.05, 0) is 25.7 Å². The largest absolute Gasteiger partial charge is 0.355 e. The number of guanidine groups is 1. The van der Waals surface area contributed by atoms with Crippen LogP contribution in [0.25, 0.3) is 0 Å². The summed E-state index contributed by atoms with van der Waals surface area (Å²) in [6, 6.07) is 10.1. The fourth-order valence-corrected chi connectivity index (χ4v) is 1.83. The number of benzene rings is 1. The van der Waals surface area contributed by atoms with E-state index in [4.69, 9.17) is 0 Å². The zero-order valence-electron chi connectivity index (χ0n) is 14.7. The maximum absolute atomic E-state index is 11.8. The van der Waals surface area contributed by atoms with E-state index in [1.807, 2.05) is 30.3 Å². The van der Waals surface area contributed by atoms with E-state index in [9.17, 15) is 4.79 Å². The number of rotatable bonds is 7. The van der Waals surface area contributed by atoms with Crippen LogP contribution in [-0.2, 0) is 11.3 Å². The molecule has 128 valence electrons. The van der Waals surface area contributed by atoms with Crippen molar-refractivity contribution in [1.82, 2.24) is 15.5 Å². The van der Waals surface area contributed by atoms with Crippen LogP contribution in [0, 0.1) is 0 Å². The fourth-order valence-electron chi connectivity index (χ4n) is 1.61. The van der Waals surface area contributed by atoms with Gasteiger partial charge in [-0.1, -0.05) is 30.3 Å². The predicted octanol–water partition coefficient (Wildman–Crippen LogP) is 1.95. The standard InChI is InChI=1S/C17H28N4OS/c1-17(2,23-5)13-20-16(19-12-15(22)21(3)4)18-11-14-9-7-6-8-10-14/h6-10H,11-13H2,1-5H3,(H2,18,19,20). The Balaban J connectivity index is 2.68. The van der Waals surface area contributed by atoms with Crippen LogP contribution < -0.4 is 10.6 Å². The molecule has 0 radical (unpaired) electrons. The maximum Gasteiger partial charge on any atom is 0.241 e. The third-order valence-electron chi connectivity index (χ3n) is 3.40. The molecule has 1 rings (SSSR count). The zero-order chi connectivity index (χ0) is 17.3. The highest BCUT2D eigenvalue weighted by atomic mass is 32.2. The minimum Gasteiger partial charge on any atom is -0.355 e. The van der Waals surface area contributed by atoms with Gasteiger partial charge in [0, 0.05) is 25.4 Å². The fraction of sp³-hybridized carbons (Fsp3) is 0.529. The van der Waals surface area contributed by atoms with Crippen LogP contribution in [0.4, 0.5) is 0 Å². The molecule has 0 aromatic heterocycles. The lowest BCUT2D eigenvalue weighted by atomic mass is 10.2. The molecular weight excluding hydrogens is 308 g/mol. The topological polar surface area (TPSA) is 56.7 Å². The summed E-state index contributed by atoms with van der Waals surface area (Å²) in [4.78, 5) is 17.9. The van der Waals surface area contributed by atoms with Gasteiger partial charge in [0.1, 0.15) is 0 Å². The Labute approximate surface area is 143 Å². The lowest BCUT2D eigenvalue weighted by Gasteiger charge is -2.24. The minimum atomic E-state index is 0.0170. The Hall–Kier alpha value is -1.69. The highest BCUT2D eigenvalue weighted by molar-refractivity contribution is 7.99. The second-order valence-corrected chi connectivity index (χ2v) is 7.62. The monoisotopic (exact) mass is 336 g/mol. The van der Waals surface area contributed by atoms with Crippen molar-refractivity contribution in [2.24, 2.45) is 4.99 Å². The molecule has 1 aromatic rings.